The number of nitrogens with one attached hydrogen (secondary N) is 3. The summed E-state index contributed by atoms with van der Waals surface area (Å²) in [6.07, 6.45) is -5.60. The van der Waals surface area contributed by atoms with E-state index in [-0.39, 0.29) is 22.9 Å². The summed E-state index contributed by atoms with van der Waals surface area (Å²) in [5.41, 5.74) is -3.50. The van der Waals surface area contributed by atoms with Gasteiger partial charge in [-0.3, -0.25) is 4.72 Å². The highest BCUT2D eigenvalue weighted by molar-refractivity contribution is 8.17. The van der Waals surface area contributed by atoms with Crippen molar-refractivity contribution in [2.75, 3.05) is 5.32 Å². The lowest BCUT2D eigenvalue weighted by molar-refractivity contribution is -0.143. The summed E-state index contributed by atoms with van der Waals surface area (Å²) >= 11 is -0.592. The lowest BCUT2D eigenvalue weighted by Crippen LogP contribution is -2.53. The highest BCUT2D eigenvalue weighted by atomic mass is 32.2. The zero-order valence-corrected chi connectivity index (χ0v) is 21.0. The van der Waals surface area contributed by atoms with Crippen LogP contribution in [0.25, 0.3) is 0 Å². The molecule has 0 bridgehead atoms. The fourth-order valence-corrected chi connectivity index (χ4v) is 7.16. The summed E-state index contributed by atoms with van der Waals surface area (Å²) in [5, 5.41) is 5.40. The Balaban J connectivity index is 2.19. The van der Waals surface area contributed by atoms with Crippen LogP contribution in [0.4, 0.5) is 36.8 Å². The average Bonchev–Trinajstić information content (AvgIpc) is 2.70. The number of carbonyl (C=O) groups is 1. The minimum absolute atomic E-state index is 0.0221. The maximum atomic E-state index is 13.1. The predicted octanol–water partition coefficient (Wildman–Crippen LogP) is 7.26. The molecule has 3 N–H and O–H groups in total. The molecule has 1 aliphatic rings. The lowest BCUT2D eigenvalue weighted by atomic mass is 9.91. The van der Waals surface area contributed by atoms with E-state index < -0.39 is 46.3 Å². The van der Waals surface area contributed by atoms with Crippen molar-refractivity contribution >= 4 is 22.8 Å². The third-order valence-electron chi connectivity index (χ3n) is 5.99. The van der Waals surface area contributed by atoms with Gasteiger partial charge in [-0.15, -0.1) is 0 Å². The fourth-order valence-electron chi connectivity index (χ4n) is 4.16. The first-order valence-electron chi connectivity index (χ1n) is 11.4. The number of urea groups is 1. The maximum absolute atomic E-state index is 13.1. The first-order chi connectivity index (χ1) is 15.5. The summed E-state index contributed by atoms with van der Waals surface area (Å²) in [4.78, 5) is 12.6. The minimum Gasteiger partial charge on any atom is -0.334 e. The van der Waals surface area contributed by atoms with E-state index in [0.29, 0.717) is 23.8 Å². The number of benzene rings is 1. The van der Waals surface area contributed by atoms with Crippen LogP contribution < -0.4 is 15.4 Å². The molecule has 0 radical (unpaired) electrons. The van der Waals surface area contributed by atoms with E-state index >= 15 is 0 Å². The molecule has 1 aromatic carbocycles. The molecule has 1 fully saturated rings. The van der Waals surface area contributed by atoms with Gasteiger partial charge in [-0.05, 0) is 42.7 Å². The van der Waals surface area contributed by atoms with Gasteiger partial charge in [0.15, 0.2) is 0 Å². The van der Waals surface area contributed by atoms with Crippen molar-refractivity contribution in [2.45, 2.75) is 101 Å². The zero-order valence-electron chi connectivity index (χ0n) is 20.1. The molecule has 0 heterocycles. The fraction of sp³-hybridized carbons (Fsp3) is 0.696. The largest absolute Gasteiger partial charge is 0.416 e. The molecule has 0 aromatic heterocycles. The van der Waals surface area contributed by atoms with Gasteiger partial charge in [0.25, 0.3) is 0 Å². The topological polar surface area (TPSA) is 53.2 Å². The van der Waals surface area contributed by atoms with E-state index in [4.69, 9.17) is 0 Å². The van der Waals surface area contributed by atoms with Gasteiger partial charge >= 0.3 is 18.4 Å². The molecule has 0 spiro atoms. The van der Waals surface area contributed by atoms with E-state index in [1.165, 1.54) is 0 Å². The molecule has 2 unspecified atom stereocenters. The first kappa shape index (κ1) is 28.6. The SMILES string of the molecule is CCC(C)[SH](N[C@@H]1CCCC[C@H]1NC(=O)Nc1cc(C(F)(F)F)cc(C(F)(F)F)c1)C(C)(C)C. The van der Waals surface area contributed by atoms with Gasteiger partial charge in [-0.2, -0.15) is 37.4 Å². The van der Waals surface area contributed by atoms with Gasteiger partial charge < -0.3 is 10.6 Å². The summed E-state index contributed by atoms with van der Waals surface area (Å²) in [6.45, 7) is 10.8. The van der Waals surface area contributed by atoms with Crippen molar-refractivity contribution in [2.24, 2.45) is 0 Å². The highest BCUT2D eigenvalue weighted by Gasteiger charge is 2.37. The molecule has 1 saturated carbocycles. The number of alkyl halides is 6. The number of carbonyl (C=O) groups excluding carboxylic acids is 1. The molecule has 1 aromatic rings. The third-order valence-corrected chi connectivity index (χ3v) is 9.29. The average molecular weight is 516 g/mol. The van der Waals surface area contributed by atoms with Crippen molar-refractivity contribution < 1.29 is 31.1 Å². The Kier molecular flexibility index (Phi) is 9.23. The second-order valence-corrected chi connectivity index (χ2v) is 13.0. The number of anilines is 1. The van der Waals surface area contributed by atoms with E-state index in [0.717, 1.165) is 25.7 Å². The molecular weight excluding hydrogens is 480 g/mol. The van der Waals surface area contributed by atoms with Crippen LogP contribution >= 0.6 is 11.1 Å². The predicted molar refractivity (Wildman–Crippen MR) is 126 cm³/mol. The van der Waals surface area contributed by atoms with Crippen molar-refractivity contribution in [1.29, 1.82) is 0 Å². The molecule has 2 amide bonds. The minimum atomic E-state index is -4.98. The van der Waals surface area contributed by atoms with Gasteiger partial charge in [0.2, 0.25) is 0 Å². The van der Waals surface area contributed by atoms with Crippen molar-refractivity contribution in [1.82, 2.24) is 10.0 Å². The van der Waals surface area contributed by atoms with Crippen LogP contribution in [0.5, 0.6) is 0 Å². The van der Waals surface area contributed by atoms with E-state index in [2.05, 4.69) is 50.0 Å². The van der Waals surface area contributed by atoms with Crippen molar-refractivity contribution in [3.63, 3.8) is 0 Å². The first-order valence-corrected chi connectivity index (χ1v) is 12.9. The quantitative estimate of drug-likeness (QED) is 0.238. The van der Waals surface area contributed by atoms with E-state index in [9.17, 15) is 31.1 Å². The Morgan fingerprint density at radius 1 is 0.971 bits per heavy atom. The lowest BCUT2D eigenvalue weighted by Gasteiger charge is -2.45. The smallest absolute Gasteiger partial charge is 0.334 e. The Morgan fingerprint density at radius 3 is 1.91 bits per heavy atom. The van der Waals surface area contributed by atoms with Crippen LogP contribution in [-0.4, -0.2) is 28.1 Å². The maximum Gasteiger partial charge on any atom is 0.416 e. The van der Waals surface area contributed by atoms with E-state index in [1.54, 1.807) is 0 Å². The summed E-state index contributed by atoms with van der Waals surface area (Å²) in [7, 11) is 0. The molecule has 196 valence electrons. The molecular formula is C23H35F6N3OS. The van der Waals surface area contributed by atoms with Crippen LogP contribution in [0.15, 0.2) is 18.2 Å². The second kappa shape index (κ2) is 11.0. The summed E-state index contributed by atoms with van der Waals surface area (Å²) < 4.78 is 82.4. The molecule has 11 heteroatoms. The number of thiol groups is 1. The number of amides is 2. The van der Waals surface area contributed by atoms with Crippen molar-refractivity contribution in [3.05, 3.63) is 29.3 Å². The van der Waals surface area contributed by atoms with Crippen LogP contribution in [0.1, 0.15) is 77.8 Å². The monoisotopic (exact) mass is 515 g/mol. The van der Waals surface area contributed by atoms with Crippen LogP contribution in [0.2, 0.25) is 0 Å². The van der Waals surface area contributed by atoms with Crippen LogP contribution in [-0.2, 0) is 12.4 Å². The number of hydrogen-bond acceptors (Lipinski definition) is 2. The van der Waals surface area contributed by atoms with Crippen molar-refractivity contribution in [3.8, 4) is 0 Å². The molecule has 1 aliphatic carbocycles. The Labute approximate surface area is 200 Å². The highest BCUT2D eigenvalue weighted by Crippen LogP contribution is 2.44. The van der Waals surface area contributed by atoms with Gasteiger partial charge in [0, 0.05) is 22.5 Å². The summed E-state index contributed by atoms with van der Waals surface area (Å²) in [5.74, 6) is 0. The Bertz CT molecular complexity index is 805. The molecule has 0 saturated heterocycles. The molecule has 0 aliphatic heterocycles. The van der Waals surface area contributed by atoms with Crippen LogP contribution in [0, 0.1) is 0 Å². The molecule has 34 heavy (non-hydrogen) atoms. The molecule has 4 nitrogen and oxygen atoms in total. The number of hydrogen-bond donors (Lipinski definition) is 4. The van der Waals surface area contributed by atoms with Crippen LogP contribution in [0.3, 0.4) is 0 Å². The Morgan fingerprint density at radius 2 is 1.47 bits per heavy atom. The molecule has 2 rings (SSSR count). The van der Waals surface area contributed by atoms with Gasteiger partial charge in [-0.25, -0.2) is 4.79 Å². The van der Waals surface area contributed by atoms with E-state index in [1.807, 2.05) is 0 Å². The standard InChI is InChI=1S/C23H35F6N3OS/c1-6-14(2)34(21(3,4)5)32-19-10-8-7-9-18(19)31-20(33)30-17-12-15(22(24,25)26)11-16(13-17)23(27,28)29/h11-14,18-19,32,34H,6-10H2,1-5H3,(H2,30,31,33)/t14?,18-,19-/m1/s1. The molecule has 4 atom stereocenters. The van der Waals surface area contributed by atoms with Gasteiger partial charge in [-0.1, -0.05) is 47.5 Å². The normalized spacial score (nSPS) is 22.1. The number of halogens is 6. The van der Waals surface area contributed by atoms with Gasteiger partial charge in [0.1, 0.15) is 0 Å². The van der Waals surface area contributed by atoms with Gasteiger partial charge in [0.05, 0.1) is 11.1 Å². The second-order valence-electron chi connectivity index (χ2n) is 9.82. The zero-order chi connectivity index (χ0) is 25.9. The third kappa shape index (κ3) is 7.96. The number of rotatable bonds is 6. The summed E-state index contributed by atoms with van der Waals surface area (Å²) in [6, 6.07) is -0.0761. The Hall–Kier alpha value is -1.62.